The van der Waals surface area contributed by atoms with E-state index in [1.807, 2.05) is 19.1 Å². The molecule has 1 aliphatic rings. The van der Waals surface area contributed by atoms with Gasteiger partial charge in [0.05, 0.1) is 26.3 Å². The van der Waals surface area contributed by atoms with Gasteiger partial charge in [0.25, 0.3) is 0 Å². The first kappa shape index (κ1) is 10.8. The van der Waals surface area contributed by atoms with Crippen molar-refractivity contribution in [3.63, 3.8) is 0 Å². The number of nitrogens with zero attached hydrogens (tertiary/aromatic N) is 1. The number of aliphatic imine (C=N–C) groups is 1. The van der Waals surface area contributed by atoms with Crippen molar-refractivity contribution in [2.24, 2.45) is 4.99 Å². The van der Waals surface area contributed by atoms with Gasteiger partial charge < -0.3 is 14.2 Å². The Bertz CT molecular complexity index is 427. The zero-order chi connectivity index (χ0) is 11.5. The van der Waals surface area contributed by atoms with Crippen LogP contribution in [-0.2, 0) is 0 Å². The van der Waals surface area contributed by atoms with E-state index < -0.39 is 0 Å². The highest BCUT2D eigenvalue weighted by molar-refractivity contribution is 6.04. The van der Waals surface area contributed by atoms with Gasteiger partial charge in [-0.2, -0.15) is 0 Å². The molecule has 1 heterocycles. The van der Waals surface area contributed by atoms with Crippen LogP contribution in [0.2, 0.25) is 0 Å². The van der Waals surface area contributed by atoms with Crippen LogP contribution in [0, 0.1) is 0 Å². The molecule has 1 aromatic rings. The largest absolute Gasteiger partial charge is 0.496 e. The first-order valence-corrected chi connectivity index (χ1v) is 5.16. The lowest BCUT2D eigenvalue weighted by Gasteiger charge is -2.13. The van der Waals surface area contributed by atoms with Gasteiger partial charge in [-0.05, 0) is 6.92 Å². The maximum absolute atomic E-state index is 5.63. The lowest BCUT2D eigenvalue weighted by Crippen LogP contribution is -2.02. The van der Waals surface area contributed by atoms with E-state index in [4.69, 9.17) is 14.2 Å². The summed E-state index contributed by atoms with van der Waals surface area (Å²) in [5.41, 5.74) is 1.85. The molecule has 0 bridgehead atoms. The highest BCUT2D eigenvalue weighted by Gasteiger charge is 2.17. The molecule has 0 aliphatic carbocycles. The number of fused-ring (bicyclic) bond motifs is 1. The van der Waals surface area contributed by atoms with Crippen molar-refractivity contribution in [2.45, 2.75) is 6.92 Å². The van der Waals surface area contributed by atoms with Gasteiger partial charge in [-0.1, -0.05) is 0 Å². The van der Waals surface area contributed by atoms with Crippen molar-refractivity contribution in [2.75, 3.05) is 27.4 Å². The first-order chi connectivity index (χ1) is 7.76. The normalized spacial score (nSPS) is 14.3. The Balaban J connectivity index is 2.59. The third kappa shape index (κ3) is 1.83. The third-order valence-electron chi connectivity index (χ3n) is 2.55. The molecule has 16 heavy (non-hydrogen) atoms. The molecule has 0 atom stereocenters. The highest BCUT2D eigenvalue weighted by atomic mass is 16.5. The highest BCUT2D eigenvalue weighted by Crippen LogP contribution is 2.35. The van der Waals surface area contributed by atoms with Gasteiger partial charge in [-0.25, -0.2) is 0 Å². The molecule has 0 amide bonds. The van der Waals surface area contributed by atoms with E-state index in [1.165, 1.54) is 0 Å². The average molecular weight is 221 g/mol. The average Bonchev–Trinajstić information content (AvgIpc) is 2.50. The summed E-state index contributed by atoms with van der Waals surface area (Å²) in [6.07, 6.45) is 0. The van der Waals surface area contributed by atoms with Gasteiger partial charge in [0.1, 0.15) is 23.9 Å². The standard InChI is InChI=1S/C12H15NO3/c1-8-12-10(15-3)6-9(14-2)7-11(12)16-5-4-13-8/h6-7H,4-5H2,1-3H3. The minimum absolute atomic E-state index is 0.584. The van der Waals surface area contributed by atoms with E-state index in [0.717, 1.165) is 28.5 Å². The second-order valence-corrected chi connectivity index (χ2v) is 3.52. The second kappa shape index (κ2) is 4.43. The van der Waals surface area contributed by atoms with Gasteiger partial charge in [0.15, 0.2) is 0 Å². The Morgan fingerprint density at radius 1 is 1.25 bits per heavy atom. The zero-order valence-corrected chi connectivity index (χ0v) is 9.74. The monoisotopic (exact) mass is 221 g/mol. The fourth-order valence-electron chi connectivity index (χ4n) is 1.76. The Morgan fingerprint density at radius 3 is 2.75 bits per heavy atom. The molecule has 1 aromatic carbocycles. The molecular weight excluding hydrogens is 206 g/mol. The maximum atomic E-state index is 5.63. The van der Waals surface area contributed by atoms with Crippen LogP contribution in [0.3, 0.4) is 0 Å². The molecule has 2 rings (SSSR count). The number of hydrogen-bond donors (Lipinski definition) is 0. The molecule has 0 spiro atoms. The Hall–Kier alpha value is -1.71. The van der Waals surface area contributed by atoms with E-state index in [1.54, 1.807) is 14.2 Å². The van der Waals surface area contributed by atoms with Crippen LogP contribution in [0.4, 0.5) is 0 Å². The lowest BCUT2D eigenvalue weighted by molar-refractivity contribution is 0.323. The van der Waals surface area contributed by atoms with Gasteiger partial charge >= 0.3 is 0 Å². The number of benzene rings is 1. The minimum atomic E-state index is 0.584. The third-order valence-corrected chi connectivity index (χ3v) is 2.55. The number of hydrogen-bond acceptors (Lipinski definition) is 4. The predicted molar refractivity (Wildman–Crippen MR) is 62.1 cm³/mol. The fourth-order valence-corrected chi connectivity index (χ4v) is 1.76. The van der Waals surface area contributed by atoms with Gasteiger partial charge in [-0.15, -0.1) is 0 Å². The quantitative estimate of drug-likeness (QED) is 0.765. The molecule has 0 radical (unpaired) electrons. The van der Waals surface area contributed by atoms with Crippen molar-refractivity contribution in [1.82, 2.24) is 0 Å². The first-order valence-electron chi connectivity index (χ1n) is 5.16. The lowest BCUT2D eigenvalue weighted by atomic mass is 10.1. The number of methoxy groups -OCH3 is 2. The summed E-state index contributed by atoms with van der Waals surface area (Å²) < 4.78 is 16.2. The Kier molecular flexibility index (Phi) is 2.99. The zero-order valence-electron chi connectivity index (χ0n) is 9.74. The summed E-state index contributed by atoms with van der Waals surface area (Å²) in [5, 5.41) is 0. The summed E-state index contributed by atoms with van der Waals surface area (Å²) >= 11 is 0. The molecule has 0 saturated heterocycles. The number of rotatable bonds is 2. The van der Waals surface area contributed by atoms with Crippen LogP contribution in [0.1, 0.15) is 12.5 Å². The molecule has 1 aliphatic heterocycles. The van der Waals surface area contributed by atoms with Crippen LogP contribution < -0.4 is 14.2 Å². The summed E-state index contributed by atoms with van der Waals surface area (Å²) in [4.78, 5) is 4.40. The Morgan fingerprint density at radius 2 is 2.06 bits per heavy atom. The summed E-state index contributed by atoms with van der Waals surface area (Å²) in [6, 6.07) is 3.70. The molecule has 4 nitrogen and oxygen atoms in total. The molecular formula is C12H15NO3. The molecule has 4 heteroatoms. The topological polar surface area (TPSA) is 40.0 Å². The van der Waals surface area contributed by atoms with Gasteiger partial charge in [-0.3, -0.25) is 4.99 Å². The van der Waals surface area contributed by atoms with E-state index in [0.29, 0.717) is 13.2 Å². The van der Waals surface area contributed by atoms with Crippen LogP contribution in [0.5, 0.6) is 17.2 Å². The molecule has 0 saturated carbocycles. The van der Waals surface area contributed by atoms with E-state index in [2.05, 4.69) is 4.99 Å². The van der Waals surface area contributed by atoms with Crippen molar-refractivity contribution in [3.8, 4) is 17.2 Å². The smallest absolute Gasteiger partial charge is 0.135 e. The van der Waals surface area contributed by atoms with Crippen molar-refractivity contribution in [1.29, 1.82) is 0 Å². The van der Waals surface area contributed by atoms with Crippen molar-refractivity contribution in [3.05, 3.63) is 17.7 Å². The van der Waals surface area contributed by atoms with Gasteiger partial charge in [0.2, 0.25) is 0 Å². The van der Waals surface area contributed by atoms with Crippen LogP contribution >= 0.6 is 0 Å². The van der Waals surface area contributed by atoms with E-state index >= 15 is 0 Å². The minimum Gasteiger partial charge on any atom is -0.496 e. The SMILES string of the molecule is COc1cc(OC)c2c(c1)OCCN=C2C. The number of ether oxygens (including phenoxy) is 3. The van der Waals surface area contributed by atoms with E-state index in [9.17, 15) is 0 Å². The van der Waals surface area contributed by atoms with Crippen molar-refractivity contribution >= 4 is 5.71 Å². The summed E-state index contributed by atoms with van der Waals surface area (Å²) in [5.74, 6) is 2.23. The molecule has 0 N–H and O–H groups in total. The summed E-state index contributed by atoms with van der Waals surface area (Å²) in [6.45, 7) is 3.22. The van der Waals surface area contributed by atoms with E-state index in [-0.39, 0.29) is 0 Å². The predicted octanol–water partition coefficient (Wildman–Crippen LogP) is 1.91. The van der Waals surface area contributed by atoms with Crippen molar-refractivity contribution < 1.29 is 14.2 Å². The molecule has 0 aromatic heterocycles. The molecule has 86 valence electrons. The summed E-state index contributed by atoms with van der Waals surface area (Å²) in [7, 11) is 3.26. The second-order valence-electron chi connectivity index (χ2n) is 3.52. The molecule has 0 fully saturated rings. The molecule has 0 unspecified atom stereocenters. The van der Waals surface area contributed by atoms with Crippen LogP contribution in [0.15, 0.2) is 17.1 Å². The van der Waals surface area contributed by atoms with Crippen LogP contribution in [0.25, 0.3) is 0 Å². The maximum Gasteiger partial charge on any atom is 0.135 e. The van der Waals surface area contributed by atoms with Crippen LogP contribution in [-0.4, -0.2) is 33.1 Å². The Labute approximate surface area is 94.9 Å². The van der Waals surface area contributed by atoms with Gasteiger partial charge in [0, 0.05) is 17.8 Å². The fraction of sp³-hybridized carbons (Fsp3) is 0.417.